The molecule has 0 spiro atoms. The number of aromatic carboxylic acids is 1. The average molecular weight is 492 g/mol. The topological polar surface area (TPSA) is 163 Å². The Labute approximate surface area is 205 Å². The molecule has 1 saturated heterocycles. The van der Waals surface area contributed by atoms with E-state index in [4.69, 9.17) is 4.74 Å². The molecular formula is C25H25N5O6. The maximum atomic E-state index is 11.8. The Kier molecular flexibility index (Phi) is 6.61. The van der Waals surface area contributed by atoms with E-state index in [1.165, 1.54) is 10.9 Å². The third-order valence-corrected chi connectivity index (χ3v) is 6.28. The quantitative estimate of drug-likeness (QED) is 0.243. The summed E-state index contributed by atoms with van der Waals surface area (Å²) in [5.41, 5.74) is 2.52. The lowest BCUT2D eigenvalue weighted by atomic mass is 9.91. The minimum absolute atomic E-state index is 0.0618. The third-order valence-electron chi connectivity index (χ3n) is 6.28. The Morgan fingerprint density at radius 1 is 1.00 bits per heavy atom. The lowest BCUT2D eigenvalue weighted by Crippen LogP contribution is -2.33. The van der Waals surface area contributed by atoms with Crippen molar-refractivity contribution in [3.63, 3.8) is 0 Å². The molecule has 0 amide bonds. The molecule has 2 aromatic carbocycles. The first kappa shape index (κ1) is 23.8. The SMILES string of the molecule is O=C(O)c1nc(NCC(c2ccccc2)c2ccccc2)c2ncn([C@@H]3O[C@H](CO)[C@@H](O)[C@@H]3O)c2n1. The highest BCUT2D eigenvalue weighted by Crippen LogP contribution is 2.33. The number of carbonyl (C=O) groups is 1. The minimum atomic E-state index is -1.38. The van der Waals surface area contributed by atoms with Crippen LogP contribution in [0.3, 0.4) is 0 Å². The van der Waals surface area contributed by atoms with Crippen LogP contribution in [0.1, 0.15) is 33.9 Å². The number of aromatic nitrogens is 4. The summed E-state index contributed by atoms with van der Waals surface area (Å²) in [5, 5.41) is 42.9. The van der Waals surface area contributed by atoms with Crippen LogP contribution in [0.25, 0.3) is 11.2 Å². The third kappa shape index (κ3) is 4.40. The van der Waals surface area contributed by atoms with E-state index < -0.39 is 42.9 Å². The largest absolute Gasteiger partial charge is 0.475 e. The van der Waals surface area contributed by atoms with Crippen LogP contribution in [-0.2, 0) is 4.74 Å². The second-order valence-corrected chi connectivity index (χ2v) is 8.51. The van der Waals surface area contributed by atoms with Crippen LogP contribution in [0.4, 0.5) is 5.82 Å². The summed E-state index contributed by atoms with van der Waals surface area (Å²) < 4.78 is 6.92. The van der Waals surface area contributed by atoms with Gasteiger partial charge in [0.05, 0.1) is 12.9 Å². The van der Waals surface area contributed by atoms with E-state index in [2.05, 4.69) is 20.3 Å². The molecule has 0 bridgehead atoms. The zero-order valence-electron chi connectivity index (χ0n) is 19.0. The molecule has 4 aromatic rings. The highest BCUT2D eigenvalue weighted by Gasteiger charge is 2.44. The number of carboxylic acid groups (broad SMARTS) is 1. The van der Waals surface area contributed by atoms with Crippen LogP contribution in [0.15, 0.2) is 67.0 Å². The minimum Gasteiger partial charge on any atom is -0.475 e. The number of anilines is 1. The zero-order chi connectivity index (χ0) is 25.2. The molecule has 11 nitrogen and oxygen atoms in total. The van der Waals surface area contributed by atoms with E-state index in [0.717, 1.165) is 11.1 Å². The number of aliphatic hydroxyl groups is 3. The second kappa shape index (κ2) is 9.99. The van der Waals surface area contributed by atoms with Gasteiger partial charge in [-0.1, -0.05) is 60.7 Å². The number of benzene rings is 2. The highest BCUT2D eigenvalue weighted by molar-refractivity contribution is 5.90. The smallest absolute Gasteiger partial charge is 0.374 e. The van der Waals surface area contributed by atoms with E-state index in [1.54, 1.807) is 0 Å². The molecule has 5 rings (SSSR count). The summed E-state index contributed by atoms with van der Waals surface area (Å²) in [6.45, 7) is -0.107. The Balaban J connectivity index is 1.52. The fourth-order valence-electron chi connectivity index (χ4n) is 4.43. The Bertz CT molecular complexity index is 1310. The summed E-state index contributed by atoms with van der Waals surface area (Å²) in [5.74, 6) is -1.65. The van der Waals surface area contributed by atoms with Crippen molar-refractivity contribution in [3.8, 4) is 0 Å². The summed E-state index contributed by atoms with van der Waals surface area (Å²) in [6.07, 6.45) is -3.48. The van der Waals surface area contributed by atoms with Crippen molar-refractivity contribution in [3.05, 3.63) is 83.9 Å². The molecule has 0 saturated carbocycles. The molecule has 0 aliphatic carbocycles. The number of hydrogen-bond donors (Lipinski definition) is 5. The van der Waals surface area contributed by atoms with Crippen LogP contribution in [0, 0.1) is 0 Å². The molecule has 11 heteroatoms. The van der Waals surface area contributed by atoms with Gasteiger partial charge in [-0.3, -0.25) is 4.57 Å². The van der Waals surface area contributed by atoms with Gasteiger partial charge in [0.25, 0.3) is 0 Å². The molecule has 186 valence electrons. The molecule has 1 aliphatic rings. The molecular weight excluding hydrogens is 466 g/mol. The van der Waals surface area contributed by atoms with Gasteiger partial charge in [0.15, 0.2) is 23.2 Å². The number of rotatable bonds is 8. The van der Waals surface area contributed by atoms with Crippen LogP contribution in [0.2, 0.25) is 0 Å². The van der Waals surface area contributed by atoms with Crippen molar-refractivity contribution in [2.24, 2.45) is 0 Å². The van der Waals surface area contributed by atoms with E-state index in [1.807, 2.05) is 60.7 Å². The maximum absolute atomic E-state index is 11.8. The van der Waals surface area contributed by atoms with E-state index in [9.17, 15) is 25.2 Å². The Morgan fingerprint density at radius 2 is 1.64 bits per heavy atom. The first-order chi connectivity index (χ1) is 17.5. The van der Waals surface area contributed by atoms with Gasteiger partial charge in [0, 0.05) is 12.5 Å². The van der Waals surface area contributed by atoms with Gasteiger partial charge in [0.2, 0.25) is 5.82 Å². The van der Waals surface area contributed by atoms with E-state index in [-0.39, 0.29) is 22.9 Å². The van der Waals surface area contributed by atoms with Crippen LogP contribution >= 0.6 is 0 Å². The van der Waals surface area contributed by atoms with Crippen molar-refractivity contribution in [2.75, 3.05) is 18.5 Å². The Morgan fingerprint density at radius 3 is 2.19 bits per heavy atom. The highest BCUT2D eigenvalue weighted by atomic mass is 16.6. The number of carboxylic acids is 1. The second-order valence-electron chi connectivity index (χ2n) is 8.51. The Hall–Kier alpha value is -3.90. The molecule has 2 aromatic heterocycles. The van der Waals surface area contributed by atoms with Gasteiger partial charge in [-0.05, 0) is 11.1 Å². The number of aliphatic hydroxyl groups excluding tert-OH is 3. The first-order valence-electron chi connectivity index (χ1n) is 11.4. The predicted octanol–water partition coefficient (Wildman–Crippen LogP) is 1.38. The average Bonchev–Trinajstić information content (AvgIpc) is 3.45. The van der Waals surface area contributed by atoms with Gasteiger partial charge in [-0.2, -0.15) is 0 Å². The summed E-state index contributed by atoms with van der Waals surface area (Å²) in [4.78, 5) is 24.4. The number of hydrogen-bond acceptors (Lipinski definition) is 9. The zero-order valence-corrected chi connectivity index (χ0v) is 19.0. The van der Waals surface area contributed by atoms with Gasteiger partial charge >= 0.3 is 5.97 Å². The van der Waals surface area contributed by atoms with Crippen molar-refractivity contribution in [2.45, 2.75) is 30.5 Å². The lowest BCUT2D eigenvalue weighted by Gasteiger charge is -2.20. The molecule has 5 N–H and O–H groups in total. The molecule has 4 atom stereocenters. The summed E-state index contributed by atoms with van der Waals surface area (Å²) in [7, 11) is 0. The number of fused-ring (bicyclic) bond motifs is 1. The normalized spacial score (nSPS) is 21.8. The number of nitrogens with zero attached hydrogens (tertiary/aromatic N) is 4. The van der Waals surface area contributed by atoms with E-state index >= 15 is 0 Å². The molecule has 0 radical (unpaired) electrons. The van der Waals surface area contributed by atoms with Crippen LogP contribution < -0.4 is 5.32 Å². The molecule has 3 heterocycles. The summed E-state index contributed by atoms with van der Waals surface area (Å²) >= 11 is 0. The van der Waals surface area contributed by atoms with Crippen molar-refractivity contribution >= 4 is 23.0 Å². The van der Waals surface area contributed by atoms with Crippen molar-refractivity contribution in [1.29, 1.82) is 0 Å². The standard InChI is InChI=1S/C25H25N5O6/c31-12-17-19(32)20(33)24(36-17)30-13-27-18-21(28-22(25(34)35)29-23(18)30)26-11-16(14-7-3-1-4-8-14)15-9-5-2-6-10-15/h1-10,13,16-17,19-20,24,31-33H,11-12H2,(H,34,35)(H,26,28,29)/t17-,19-,20+,24-/m1/s1. The van der Waals surface area contributed by atoms with Crippen molar-refractivity contribution in [1.82, 2.24) is 19.5 Å². The lowest BCUT2D eigenvalue weighted by molar-refractivity contribution is -0.0511. The van der Waals surface area contributed by atoms with Crippen LogP contribution in [0.5, 0.6) is 0 Å². The molecule has 1 fully saturated rings. The number of nitrogens with one attached hydrogen (secondary N) is 1. The van der Waals surface area contributed by atoms with Gasteiger partial charge in [-0.15, -0.1) is 0 Å². The van der Waals surface area contributed by atoms with Crippen LogP contribution in [-0.4, -0.2) is 77.4 Å². The van der Waals surface area contributed by atoms with Crippen molar-refractivity contribution < 1.29 is 30.0 Å². The van der Waals surface area contributed by atoms with Gasteiger partial charge in [0.1, 0.15) is 18.3 Å². The van der Waals surface area contributed by atoms with Gasteiger partial charge < -0.3 is 30.5 Å². The fraction of sp³-hybridized carbons (Fsp3) is 0.280. The van der Waals surface area contributed by atoms with E-state index in [0.29, 0.717) is 6.54 Å². The first-order valence-corrected chi connectivity index (χ1v) is 11.4. The molecule has 36 heavy (non-hydrogen) atoms. The fourth-order valence-corrected chi connectivity index (χ4v) is 4.43. The van der Waals surface area contributed by atoms with Gasteiger partial charge in [-0.25, -0.2) is 19.7 Å². The summed E-state index contributed by atoms with van der Waals surface area (Å²) in [6, 6.07) is 19.8. The monoisotopic (exact) mass is 491 g/mol. The number of ether oxygens (including phenoxy) is 1. The number of imidazole rings is 1. The predicted molar refractivity (Wildman–Crippen MR) is 129 cm³/mol. The molecule has 0 unspecified atom stereocenters. The molecule has 1 aliphatic heterocycles. The maximum Gasteiger partial charge on any atom is 0.374 e.